The zero-order valence-electron chi connectivity index (χ0n) is 7.18. The van der Waals surface area contributed by atoms with E-state index in [2.05, 4.69) is 28.1 Å². The third-order valence-corrected chi connectivity index (χ3v) is 11.0. The summed E-state index contributed by atoms with van der Waals surface area (Å²) in [6.07, 6.45) is 0. The molecule has 1 fully saturated rings. The van der Waals surface area contributed by atoms with Gasteiger partial charge < -0.3 is 4.52 Å². The molecule has 0 aliphatic carbocycles. The first-order chi connectivity index (χ1) is 6.68. The maximum absolute atomic E-state index is 5.61. The highest BCUT2D eigenvalue weighted by molar-refractivity contribution is 9.10. The van der Waals surface area contributed by atoms with E-state index in [1.165, 1.54) is 4.90 Å². The second-order valence-electron chi connectivity index (χ2n) is 2.66. The van der Waals surface area contributed by atoms with E-state index in [1.807, 2.05) is 12.1 Å². The minimum absolute atomic E-state index is 0.811. The van der Waals surface area contributed by atoms with Crippen LogP contribution < -0.4 is 0 Å². The van der Waals surface area contributed by atoms with Gasteiger partial charge in [-0.15, -0.1) is 0 Å². The molecule has 0 radical (unpaired) electrons. The summed E-state index contributed by atoms with van der Waals surface area (Å²) in [4.78, 5) is 1.20. The summed E-state index contributed by atoms with van der Waals surface area (Å²) in [5, 5.41) is 0. The number of hydrogen-bond donors (Lipinski definition) is 0. The molecule has 1 aromatic rings. The minimum Gasteiger partial charge on any atom is -0.333 e. The summed E-state index contributed by atoms with van der Waals surface area (Å²) in [6.45, 7) is 0.811. The summed E-state index contributed by atoms with van der Waals surface area (Å²) in [7, 11) is 0. The van der Waals surface area contributed by atoms with Crippen LogP contribution in [0.1, 0.15) is 0 Å². The van der Waals surface area contributed by atoms with E-state index in [9.17, 15) is 0 Å². The molecular formula is C8H8BrOPS3. The summed E-state index contributed by atoms with van der Waals surface area (Å²) in [6, 6.07) is 8.21. The number of hydrogen-bond acceptors (Lipinski definition) is 4. The third-order valence-electron chi connectivity index (χ3n) is 1.61. The predicted octanol–water partition coefficient (Wildman–Crippen LogP) is 4.53. The van der Waals surface area contributed by atoms with Crippen molar-refractivity contribution in [1.29, 1.82) is 0 Å². The molecule has 1 unspecified atom stereocenters. The monoisotopic (exact) mass is 326 g/mol. The van der Waals surface area contributed by atoms with Crippen LogP contribution in [0.2, 0.25) is 0 Å². The quantitative estimate of drug-likeness (QED) is 0.738. The Bertz CT molecular complexity index is 357. The molecule has 0 spiro atoms. The second kappa shape index (κ2) is 4.89. The van der Waals surface area contributed by atoms with Crippen molar-refractivity contribution in [3.63, 3.8) is 0 Å². The van der Waals surface area contributed by atoms with Crippen molar-refractivity contribution in [3.05, 3.63) is 28.7 Å². The number of rotatable bonds is 2. The van der Waals surface area contributed by atoms with Gasteiger partial charge in [0, 0.05) is 15.1 Å². The van der Waals surface area contributed by atoms with Gasteiger partial charge in [-0.3, -0.25) is 0 Å². The van der Waals surface area contributed by atoms with Crippen LogP contribution in [-0.4, -0.2) is 12.4 Å². The Hall–Kier alpha value is 1.01. The second-order valence-corrected chi connectivity index (χ2v) is 14.1. The van der Waals surface area contributed by atoms with Crippen molar-refractivity contribution in [1.82, 2.24) is 0 Å². The molecule has 14 heavy (non-hydrogen) atoms. The van der Waals surface area contributed by atoms with E-state index in [1.54, 1.807) is 22.8 Å². The lowest BCUT2D eigenvalue weighted by atomic mass is 10.4. The SMILES string of the molecule is S=P1(Sc2ccc(Br)cc2)OCCS1. The standard InChI is InChI=1S/C8H8BrOPS3/c9-7-1-3-8(4-2-7)14-11(12)10-5-6-13-11/h1-4H,5-6H2. The average Bonchev–Trinajstić information content (AvgIpc) is 2.57. The highest BCUT2D eigenvalue weighted by Gasteiger charge is 2.25. The van der Waals surface area contributed by atoms with Crippen LogP contribution in [0.5, 0.6) is 0 Å². The predicted molar refractivity (Wildman–Crippen MR) is 72.7 cm³/mol. The molecule has 1 heterocycles. The Morgan fingerprint density at radius 3 is 2.71 bits per heavy atom. The van der Waals surface area contributed by atoms with Gasteiger partial charge in [0.1, 0.15) is 0 Å². The molecule has 0 amide bonds. The number of halogens is 1. The fourth-order valence-corrected chi connectivity index (χ4v) is 9.40. The van der Waals surface area contributed by atoms with Gasteiger partial charge in [-0.25, -0.2) is 0 Å². The lowest BCUT2D eigenvalue weighted by Gasteiger charge is -2.11. The molecule has 1 atom stereocenters. The van der Waals surface area contributed by atoms with E-state index in [4.69, 9.17) is 16.3 Å². The van der Waals surface area contributed by atoms with Gasteiger partial charge in [-0.1, -0.05) is 38.7 Å². The van der Waals surface area contributed by atoms with Crippen LogP contribution in [0, 0.1) is 0 Å². The van der Waals surface area contributed by atoms with Crippen molar-refractivity contribution < 1.29 is 4.52 Å². The van der Waals surface area contributed by atoms with Crippen LogP contribution in [0.4, 0.5) is 0 Å². The van der Waals surface area contributed by atoms with Crippen LogP contribution >= 0.6 is 43.4 Å². The fourth-order valence-electron chi connectivity index (χ4n) is 1.01. The molecule has 1 aromatic carbocycles. The van der Waals surface area contributed by atoms with Crippen molar-refractivity contribution in [2.45, 2.75) is 4.90 Å². The summed E-state index contributed by atoms with van der Waals surface area (Å²) >= 11 is 12.4. The molecule has 0 aromatic heterocycles. The maximum Gasteiger partial charge on any atom is 0.179 e. The summed E-state index contributed by atoms with van der Waals surface area (Å²) in [5.74, 6) is 1.04. The van der Waals surface area contributed by atoms with Crippen LogP contribution in [0.15, 0.2) is 33.6 Å². The molecule has 6 heteroatoms. The van der Waals surface area contributed by atoms with E-state index >= 15 is 0 Å². The minimum atomic E-state index is -1.66. The van der Waals surface area contributed by atoms with Crippen LogP contribution in [-0.2, 0) is 16.3 Å². The summed E-state index contributed by atoms with van der Waals surface area (Å²) < 4.78 is 5.05. The van der Waals surface area contributed by atoms with Gasteiger partial charge in [0.25, 0.3) is 0 Å². The van der Waals surface area contributed by atoms with E-state index in [-0.39, 0.29) is 0 Å². The van der Waals surface area contributed by atoms with Crippen molar-refractivity contribution in [2.24, 2.45) is 0 Å². The molecular weight excluding hydrogens is 319 g/mol. The molecule has 76 valence electrons. The average molecular weight is 327 g/mol. The molecule has 1 nitrogen and oxygen atoms in total. The molecule has 1 saturated heterocycles. The van der Waals surface area contributed by atoms with E-state index in [0.717, 1.165) is 16.8 Å². The Labute approximate surface area is 105 Å². The topological polar surface area (TPSA) is 9.23 Å². The molecule has 1 aliphatic heterocycles. The fraction of sp³-hybridized carbons (Fsp3) is 0.250. The van der Waals surface area contributed by atoms with Crippen molar-refractivity contribution in [2.75, 3.05) is 12.4 Å². The molecule has 0 bridgehead atoms. The van der Waals surface area contributed by atoms with Gasteiger partial charge in [0.2, 0.25) is 0 Å². The van der Waals surface area contributed by atoms with Gasteiger partial charge in [-0.05, 0) is 36.1 Å². The first-order valence-corrected chi connectivity index (χ1v) is 10.5. The first-order valence-electron chi connectivity index (χ1n) is 4.02. The van der Waals surface area contributed by atoms with Crippen LogP contribution in [0.3, 0.4) is 0 Å². The zero-order chi connectivity index (χ0) is 10.0. The van der Waals surface area contributed by atoms with Gasteiger partial charge in [-0.2, -0.15) is 0 Å². The Morgan fingerprint density at radius 1 is 1.43 bits per heavy atom. The Morgan fingerprint density at radius 2 is 2.14 bits per heavy atom. The lowest BCUT2D eigenvalue weighted by molar-refractivity contribution is 0.406. The van der Waals surface area contributed by atoms with Crippen LogP contribution in [0.25, 0.3) is 0 Å². The summed E-state index contributed by atoms with van der Waals surface area (Å²) in [5.41, 5.74) is 0. The zero-order valence-corrected chi connectivity index (χ0v) is 12.1. The van der Waals surface area contributed by atoms with Crippen molar-refractivity contribution in [3.8, 4) is 0 Å². The molecule has 0 N–H and O–H groups in total. The highest BCUT2D eigenvalue weighted by atomic mass is 79.9. The molecule has 0 saturated carbocycles. The Kier molecular flexibility index (Phi) is 4.02. The van der Waals surface area contributed by atoms with Gasteiger partial charge >= 0.3 is 0 Å². The van der Waals surface area contributed by atoms with Gasteiger partial charge in [0.15, 0.2) is 4.67 Å². The first kappa shape index (κ1) is 11.5. The molecule has 1 aliphatic rings. The lowest BCUT2D eigenvalue weighted by Crippen LogP contribution is -1.77. The smallest absolute Gasteiger partial charge is 0.179 e. The van der Waals surface area contributed by atoms with E-state index in [0.29, 0.717) is 0 Å². The van der Waals surface area contributed by atoms with E-state index < -0.39 is 4.67 Å². The largest absolute Gasteiger partial charge is 0.333 e. The van der Waals surface area contributed by atoms with Gasteiger partial charge in [0.05, 0.1) is 6.61 Å². The maximum atomic E-state index is 5.61. The number of benzene rings is 1. The Balaban J connectivity index is 2.10. The van der Waals surface area contributed by atoms with Crippen molar-refractivity contribution >= 4 is 55.2 Å². The highest BCUT2D eigenvalue weighted by Crippen LogP contribution is 2.75. The molecule has 2 rings (SSSR count). The normalized spacial score (nSPS) is 26.6. The third kappa shape index (κ3) is 3.00.